The van der Waals surface area contributed by atoms with Crippen molar-refractivity contribution in [3.8, 4) is 45.6 Å². The van der Waals surface area contributed by atoms with Gasteiger partial charge in [0.2, 0.25) is 0 Å². The summed E-state index contributed by atoms with van der Waals surface area (Å²) in [5, 5.41) is 9.76. The molecule has 458 valence electrons. The third-order valence-electron chi connectivity index (χ3n) is 14.9. The maximum Gasteiger partial charge on any atom is 0.164 e. The zero-order chi connectivity index (χ0) is 63.7. The highest BCUT2D eigenvalue weighted by molar-refractivity contribution is 8.03. The Balaban J connectivity index is 0.987. The fourth-order valence-corrected chi connectivity index (χ4v) is 18.2. The molecule has 16 nitrogen and oxygen atoms in total. The standard InChI is InChI=1S/C72H42N16S8/c1-9-25-73-57(17-1)89-49-33-41-42(34-50(49)90-58-18-2-10-26-74-58)66-81-65(41)85-67-43-35-51(91-59-19-3-11-27-75-59)52(92-60-20-4-12-28-76-60)36-44(43)69(82-67)87-71-47-39-55(95-63-23-7-15-31-79-63)56(96-64-24-8-16-32-80-64)40-48(47)72(84-71)88-70-46-38-54(94-62-22-6-14-30-78-62)53(37-45(46)68(83-70)86-66)93-61-21-5-13-29-77-61/h1-40H,(H2,81,82,83,84,85,86,87,88). The molecular weight excluding hydrogens is 1350 g/mol. The van der Waals surface area contributed by atoms with Crippen molar-refractivity contribution in [1.82, 2.24) is 79.7 Å². The van der Waals surface area contributed by atoms with Gasteiger partial charge in [-0.05, 0) is 146 Å². The molecule has 0 saturated carbocycles. The highest BCUT2D eigenvalue weighted by atomic mass is 32.2. The average molecular weight is 1390 g/mol. The largest absolute Gasteiger partial charge is 0.324 e. The molecule has 2 aliphatic rings. The molecule has 17 rings (SSSR count). The van der Waals surface area contributed by atoms with Crippen molar-refractivity contribution >= 4 is 138 Å². The molecule has 0 fully saturated rings. The van der Waals surface area contributed by atoms with E-state index in [2.05, 4.69) is 58.5 Å². The Kier molecular flexibility index (Phi) is 16.7. The van der Waals surface area contributed by atoms with Gasteiger partial charge in [-0.1, -0.05) is 143 Å². The maximum absolute atomic E-state index is 5.64. The quantitative estimate of drug-likeness (QED) is 0.0920. The molecule has 8 bridgehead atoms. The maximum atomic E-state index is 5.64. The van der Waals surface area contributed by atoms with Crippen LogP contribution in [0.5, 0.6) is 0 Å². The summed E-state index contributed by atoms with van der Waals surface area (Å²) >= 11 is 12.5. The van der Waals surface area contributed by atoms with Crippen molar-refractivity contribution in [2.24, 2.45) is 0 Å². The first-order valence-electron chi connectivity index (χ1n) is 29.7. The second-order valence-corrected chi connectivity index (χ2v) is 29.6. The molecule has 0 atom stereocenters. The first kappa shape index (κ1) is 59.9. The predicted molar refractivity (Wildman–Crippen MR) is 383 cm³/mol. The van der Waals surface area contributed by atoms with Gasteiger partial charge in [-0.2, -0.15) is 0 Å². The number of aromatic nitrogens is 16. The predicted octanol–water partition coefficient (Wildman–Crippen LogP) is 19.2. The Bertz CT molecular complexity index is 4920. The highest BCUT2D eigenvalue weighted by Gasteiger charge is 2.28. The van der Waals surface area contributed by atoms with Crippen LogP contribution in [0.1, 0.15) is 0 Å². The van der Waals surface area contributed by atoms with Gasteiger partial charge in [-0.25, -0.2) is 69.8 Å². The van der Waals surface area contributed by atoms with E-state index < -0.39 is 0 Å². The van der Waals surface area contributed by atoms with Crippen LogP contribution in [0.25, 0.3) is 89.7 Å². The molecule has 0 aliphatic carbocycles. The van der Waals surface area contributed by atoms with Crippen molar-refractivity contribution in [3.05, 3.63) is 244 Å². The van der Waals surface area contributed by atoms with Gasteiger partial charge in [0.15, 0.2) is 23.3 Å². The van der Waals surface area contributed by atoms with Crippen molar-refractivity contribution in [1.29, 1.82) is 0 Å². The van der Waals surface area contributed by atoms with Crippen LogP contribution in [0, 0.1) is 0 Å². The molecule has 0 saturated heterocycles. The SMILES string of the molecule is c1ccc(Sc2cc3c(cc2Sc2ccccn2)-c2nc-3nc3[nH]c(nc4nc(nc5[nH]c(n2)c2cc(Sc6ccccn6)c(Sc6ccccn6)cc52)-c2cc(Sc5ccccn5)c(Sc5ccccn5)cc2-4)c2cc(Sc4ccccn4)c(Sc4ccccn4)cc32)nc1. The van der Waals surface area contributed by atoms with Crippen molar-refractivity contribution in [2.75, 3.05) is 0 Å². The molecule has 13 heterocycles. The van der Waals surface area contributed by atoms with Crippen LogP contribution in [0.4, 0.5) is 0 Å². The Morgan fingerprint density at radius 1 is 0.198 bits per heavy atom. The topological polar surface area (TPSA) is 212 Å². The summed E-state index contributed by atoms with van der Waals surface area (Å²) in [7, 11) is 0. The normalized spacial score (nSPS) is 11.7. The third-order valence-corrected chi connectivity index (χ3v) is 23.5. The van der Waals surface area contributed by atoms with Crippen LogP contribution in [0.15, 0.2) is 323 Å². The second kappa shape index (κ2) is 26.8. The lowest BCUT2D eigenvalue weighted by Gasteiger charge is -2.11. The number of hydrogen-bond acceptors (Lipinski definition) is 22. The molecule has 2 aliphatic heterocycles. The fraction of sp³-hybridized carbons (Fsp3) is 0. The summed E-state index contributed by atoms with van der Waals surface area (Å²) in [5.41, 5.74) is 5.14. The Morgan fingerprint density at radius 3 is 0.542 bits per heavy atom. The van der Waals surface area contributed by atoms with Gasteiger partial charge in [0.05, 0.1) is 0 Å². The molecule has 2 N–H and O–H groups in total. The first-order valence-corrected chi connectivity index (χ1v) is 36.3. The van der Waals surface area contributed by atoms with Gasteiger partial charge >= 0.3 is 0 Å². The summed E-state index contributed by atoms with van der Waals surface area (Å²) in [5.74, 6) is 1.73. The van der Waals surface area contributed by atoms with E-state index in [0.29, 0.717) is 45.9 Å². The number of H-pyrrole nitrogens is 2. The molecule has 4 aromatic carbocycles. The van der Waals surface area contributed by atoms with Crippen LogP contribution in [-0.2, 0) is 0 Å². The number of aromatic amines is 2. The zero-order valence-corrected chi connectivity index (χ0v) is 56.2. The fourth-order valence-electron chi connectivity index (χ4n) is 10.6. The highest BCUT2D eigenvalue weighted by Crippen LogP contribution is 2.50. The number of nitrogens with one attached hydrogen (secondary N) is 2. The van der Waals surface area contributed by atoms with Crippen LogP contribution in [0.3, 0.4) is 0 Å². The number of rotatable bonds is 16. The molecule has 96 heavy (non-hydrogen) atoms. The van der Waals surface area contributed by atoms with E-state index in [1.54, 1.807) is 119 Å². The summed E-state index contributed by atoms with van der Waals surface area (Å²) in [6.45, 7) is 0. The summed E-state index contributed by atoms with van der Waals surface area (Å²) < 4.78 is 0. The van der Waals surface area contributed by atoms with E-state index >= 15 is 0 Å². The molecule has 0 unspecified atom stereocenters. The molecule has 24 heteroatoms. The van der Waals surface area contributed by atoms with Crippen LogP contribution >= 0.6 is 94.1 Å². The monoisotopic (exact) mass is 1390 g/mol. The average Bonchev–Trinajstić information content (AvgIpc) is 1.61. The third kappa shape index (κ3) is 12.7. The van der Waals surface area contributed by atoms with Gasteiger partial charge in [0.1, 0.15) is 62.8 Å². The van der Waals surface area contributed by atoms with E-state index in [1.807, 2.05) is 170 Å². The van der Waals surface area contributed by atoms with Crippen LogP contribution < -0.4 is 0 Å². The molecule has 0 spiro atoms. The molecule has 0 amide bonds. The molecule has 11 aromatic heterocycles. The smallest absolute Gasteiger partial charge is 0.164 e. The number of pyridine rings is 8. The lowest BCUT2D eigenvalue weighted by molar-refractivity contribution is 1.11. The minimum Gasteiger partial charge on any atom is -0.324 e. The minimum absolute atomic E-state index is 0.433. The van der Waals surface area contributed by atoms with Crippen LogP contribution in [-0.4, -0.2) is 79.7 Å². The lowest BCUT2D eigenvalue weighted by Crippen LogP contribution is -1.89. The van der Waals surface area contributed by atoms with E-state index in [4.69, 9.17) is 69.8 Å². The van der Waals surface area contributed by atoms with E-state index in [-0.39, 0.29) is 0 Å². The number of hydrogen-bond donors (Lipinski definition) is 2. The number of benzene rings is 4. The van der Waals surface area contributed by atoms with Gasteiger partial charge in [-0.15, -0.1) is 0 Å². The van der Waals surface area contributed by atoms with Gasteiger partial charge in [0, 0.05) is 133 Å². The second-order valence-electron chi connectivity index (χ2n) is 21.1. The Morgan fingerprint density at radius 2 is 0.375 bits per heavy atom. The molecular formula is C72H42N16S8. The van der Waals surface area contributed by atoms with Crippen LogP contribution in [0.2, 0.25) is 0 Å². The zero-order valence-electron chi connectivity index (χ0n) is 49.6. The van der Waals surface area contributed by atoms with Crippen molar-refractivity contribution in [3.63, 3.8) is 0 Å². The van der Waals surface area contributed by atoms with E-state index in [9.17, 15) is 0 Å². The van der Waals surface area contributed by atoms with Gasteiger partial charge in [-0.3, -0.25) is 0 Å². The lowest BCUT2D eigenvalue weighted by atomic mass is 10.1. The first-order chi connectivity index (χ1) is 47.5. The number of nitrogens with zero attached hydrogens (tertiary/aromatic N) is 14. The Hall–Kier alpha value is -9.76. The molecule has 15 aromatic rings. The Labute approximate surface area is 581 Å². The van der Waals surface area contributed by atoms with Crippen molar-refractivity contribution < 1.29 is 0 Å². The summed E-state index contributed by atoms with van der Waals surface area (Å²) in [6, 6.07) is 64.7. The van der Waals surface area contributed by atoms with E-state index in [1.165, 1.54) is 0 Å². The number of fused-ring (bicyclic) bond motifs is 20. The van der Waals surface area contributed by atoms with E-state index in [0.717, 1.165) is 123 Å². The minimum atomic E-state index is 0.433. The summed E-state index contributed by atoms with van der Waals surface area (Å²) in [4.78, 5) is 86.7. The van der Waals surface area contributed by atoms with Gasteiger partial charge < -0.3 is 9.97 Å². The van der Waals surface area contributed by atoms with Gasteiger partial charge in [0.25, 0.3) is 0 Å². The summed E-state index contributed by atoms with van der Waals surface area (Å²) in [6.07, 6.45) is 14.5. The van der Waals surface area contributed by atoms with Crippen molar-refractivity contribution in [2.45, 2.75) is 79.4 Å². The molecule has 0 radical (unpaired) electrons.